The van der Waals surface area contributed by atoms with Crippen molar-refractivity contribution in [3.8, 4) is 0 Å². The number of carbonyl (C=O) groups excluding carboxylic acids is 2. The molecule has 1 aliphatic carbocycles. The quantitative estimate of drug-likeness (QED) is 0.713. The summed E-state index contributed by atoms with van der Waals surface area (Å²) in [4.78, 5) is 25.8. The van der Waals surface area contributed by atoms with Gasteiger partial charge in [0.25, 0.3) is 0 Å². The Morgan fingerprint density at radius 3 is 2.17 bits per heavy atom. The molecule has 0 spiro atoms. The Morgan fingerprint density at radius 1 is 1.08 bits per heavy atom. The molecule has 0 heterocycles. The average molecular weight is 332 g/mol. The lowest BCUT2D eigenvalue weighted by Gasteiger charge is -2.15. The first-order valence-corrected chi connectivity index (χ1v) is 8.54. The molecule has 24 heavy (non-hydrogen) atoms. The molecular weight excluding hydrogens is 304 g/mol. The second-order valence-electron chi connectivity index (χ2n) is 6.79. The molecule has 0 aromatic heterocycles. The van der Waals surface area contributed by atoms with Gasteiger partial charge in [0, 0.05) is 36.8 Å². The van der Waals surface area contributed by atoms with Crippen LogP contribution in [0.5, 0.6) is 0 Å². The third kappa shape index (κ3) is 5.94. The highest BCUT2D eigenvalue weighted by atomic mass is 16.2. The highest BCUT2D eigenvalue weighted by Crippen LogP contribution is 2.27. The molecule has 1 aromatic rings. The molecule has 6 nitrogen and oxygen atoms in total. The third-order valence-electron chi connectivity index (χ3n) is 4.40. The van der Waals surface area contributed by atoms with Crippen molar-refractivity contribution >= 4 is 23.2 Å². The number of benzene rings is 1. The van der Waals surface area contributed by atoms with E-state index in [2.05, 4.69) is 10.6 Å². The van der Waals surface area contributed by atoms with Gasteiger partial charge in [-0.2, -0.15) is 0 Å². The van der Waals surface area contributed by atoms with E-state index in [0.29, 0.717) is 25.3 Å². The van der Waals surface area contributed by atoms with Crippen molar-refractivity contribution in [3.63, 3.8) is 0 Å². The standard InChI is InChI=1S/C18H28N4O2/c1-22(2)11-10-17(23)20-14-6-8-15(9-7-14)21-18(24)12-13-4-3-5-16(13)19/h6-9,13,16H,3-5,10-12,19H2,1-2H3,(H,20,23)(H,21,24)/t13-,16+/m0/s1. The monoisotopic (exact) mass is 332 g/mol. The van der Waals surface area contributed by atoms with Gasteiger partial charge in [0.05, 0.1) is 0 Å². The lowest BCUT2D eigenvalue weighted by Crippen LogP contribution is -2.28. The Labute approximate surface area is 143 Å². The molecule has 0 unspecified atom stereocenters. The summed E-state index contributed by atoms with van der Waals surface area (Å²) in [5, 5.41) is 5.74. The SMILES string of the molecule is CN(C)CCC(=O)Nc1ccc(NC(=O)C[C@@H]2CCC[C@H]2N)cc1. The molecule has 0 radical (unpaired) electrons. The van der Waals surface area contributed by atoms with Crippen LogP contribution < -0.4 is 16.4 Å². The second-order valence-corrected chi connectivity index (χ2v) is 6.79. The maximum atomic E-state index is 12.1. The van der Waals surface area contributed by atoms with Crippen LogP contribution in [-0.4, -0.2) is 43.4 Å². The van der Waals surface area contributed by atoms with Crippen LogP contribution in [0, 0.1) is 5.92 Å². The predicted octanol–water partition coefficient (Wildman–Crippen LogP) is 2.03. The van der Waals surface area contributed by atoms with E-state index in [1.807, 2.05) is 19.0 Å². The summed E-state index contributed by atoms with van der Waals surface area (Å²) in [5.41, 5.74) is 7.47. The lowest BCUT2D eigenvalue weighted by molar-refractivity contribution is -0.117. The number of nitrogens with one attached hydrogen (secondary N) is 2. The molecule has 1 saturated carbocycles. The van der Waals surface area contributed by atoms with Gasteiger partial charge in [-0.15, -0.1) is 0 Å². The number of amides is 2. The molecule has 1 fully saturated rings. The summed E-state index contributed by atoms with van der Waals surface area (Å²) >= 11 is 0. The topological polar surface area (TPSA) is 87.5 Å². The largest absolute Gasteiger partial charge is 0.327 e. The first-order valence-electron chi connectivity index (χ1n) is 8.54. The molecule has 2 atom stereocenters. The molecule has 4 N–H and O–H groups in total. The van der Waals surface area contributed by atoms with Gasteiger partial charge in [-0.1, -0.05) is 6.42 Å². The van der Waals surface area contributed by atoms with Crippen LogP contribution >= 0.6 is 0 Å². The van der Waals surface area contributed by atoms with Crippen molar-refractivity contribution in [1.82, 2.24) is 4.90 Å². The van der Waals surface area contributed by atoms with E-state index in [4.69, 9.17) is 5.73 Å². The lowest BCUT2D eigenvalue weighted by atomic mass is 10.00. The van der Waals surface area contributed by atoms with Gasteiger partial charge in [0.1, 0.15) is 0 Å². The summed E-state index contributed by atoms with van der Waals surface area (Å²) in [7, 11) is 3.87. The van der Waals surface area contributed by atoms with E-state index in [9.17, 15) is 9.59 Å². The predicted molar refractivity (Wildman–Crippen MR) is 96.8 cm³/mol. The summed E-state index contributed by atoms with van der Waals surface area (Å²) in [6, 6.07) is 7.34. The van der Waals surface area contributed by atoms with E-state index in [1.165, 1.54) is 0 Å². The van der Waals surface area contributed by atoms with E-state index in [-0.39, 0.29) is 17.9 Å². The first-order chi connectivity index (χ1) is 11.4. The molecule has 0 saturated heterocycles. The minimum absolute atomic E-state index is 0.000110. The zero-order valence-corrected chi connectivity index (χ0v) is 14.5. The van der Waals surface area contributed by atoms with Crippen molar-refractivity contribution in [2.45, 2.75) is 38.1 Å². The summed E-state index contributed by atoms with van der Waals surface area (Å²) < 4.78 is 0. The van der Waals surface area contributed by atoms with E-state index in [1.54, 1.807) is 24.3 Å². The van der Waals surface area contributed by atoms with Gasteiger partial charge < -0.3 is 21.3 Å². The summed E-state index contributed by atoms with van der Waals surface area (Å²) in [5.74, 6) is 0.274. The van der Waals surface area contributed by atoms with E-state index >= 15 is 0 Å². The minimum atomic E-state index is -0.0179. The molecule has 1 aromatic carbocycles. The Balaban J connectivity index is 1.79. The van der Waals surface area contributed by atoms with Gasteiger partial charge >= 0.3 is 0 Å². The van der Waals surface area contributed by atoms with Gasteiger partial charge in [-0.3, -0.25) is 9.59 Å². The first kappa shape index (κ1) is 18.4. The van der Waals surface area contributed by atoms with Crippen LogP contribution in [0.3, 0.4) is 0 Å². The highest BCUT2D eigenvalue weighted by Gasteiger charge is 2.25. The molecule has 6 heteroatoms. The van der Waals surface area contributed by atoms with E-state index < -0.39 is 0 Å². The average Bonchev–Trinajstić information content (AvgIpc) is 2.92. The van der Waals surface area contributed by atoms with Crippen LogP contribution in [-0.2, 0) is 9.59 Å². The van der Waals surface area contributed by atoms with Crippen molar-refractivity contribution in [2.24, 2.45) is 11.7 Å². The van der Waals surface area contributed by atoms with Crippen LogP contribution in [0.4, 0.5) is 11.4 Å². The number of rotatable bonds is 7. The van der Waals surface area contributed by atoms with Crippen LogP contribution in [0.1, 0.15) is 32.1 Å². The van der Waals surface area contributed by atoms with Crippen LogP contribution in [0.2, 0.25) is 0 Å². The van der Waals surface area contributed by atoms with Gasteiger partial charge in [0.15, 0.2) is 0 Å². The van der Waals surface area contributed by atoms with Crippen molar-refractivity contribution in [2.75, 3.05) is 31.3 Å². The Kier molecular flexibility index (Phi) is 6.75. The normalized spacial score (nSPS) is 20.2. The van der Waals surface area contributed by atoms with Crippen LogP contribution in [0.15, 0.2) is 24.3 Å². The summed E-state index contributed by atoms with van der Waals surface area (Å²) in [6.45, 7) is 0.712. The molecule has 2 amide bonds. The van der Waals surface area contributed by atoms with Gasteiger partial charge in [-0.05, 0) is 57.1 Å². The minimum Gasteiger partial charge on any atom is -0.327 e. The van der Waals surface area contributed by atoms with Crippen LogP contribution in [0.25, 0.3) is 0 Å². The molecule has 132 valence electrons. The molecule has 1 aliphatic rings. The fraction of sp³-hybridized carbons (Fsp3) is 0.556. The molecule has 0 aliphatic heterocycles. The number of carbonyl (C=O) groups is 2. The number of hydrogen-bond acceptors (Lipinski definition) is 4. The zero-order valence-electron chi connectivity index (χ0n) is 14.5. The number of nitrogens with zero attached hydrogens (tertiary/aromatic N) is 1. The van der Waals surface area contributed by atoms with Gasteiger partial charge in [0.2, 0.25) is 11.8 Å². The molecule has 2 rings (SSSR count). The maximum absolute atomic E-state index is 12.1. The Hall–Kier alpha value is -1.92. The fourth-order valence-corrected chi connectivity index (χ4v) is 2.95. The van der Waals surface area contributed by atoms with E-state index in [0.717, 1.165) is 30.6 Å². The van der Waals surface area contributed by atoms with Crippen molar-refractivity contribution < 1.29 is 9.59 Å². The molecule has 0 bridgehead atoms. The third-order valence-corrected chi connectivity index (χ3v) is 4.40. The fourth-order valence-electron chi connectivity index (χ4n) is 2.95. The smallest absolute Gasteiger partial charge is 0.225 e. The van der Waals surface area contributed by atoms with Crippen molar-refractivity contribution in [1.29, 1.82) is 0 Å². The molecular formula is C18H28N4O2. The van der Waals surface area contributed by atoms with Crippen molar-refractivity contribution in [3.05, 3.63) is 24.3 Å². The number of nitrogens with two attached hydrogens (primary N) is 1. The Morgan fingerprint density at radius 2 is 1.67 bits per heavy atom. The highest BCUT2D eigenvalue weighted by molar-refractivity contribution is 5.93. The number of hydrogen-bond donors (Lipinski definition) is 3. The Bertz CT molecular complexity index is 557. The number of anilines is 2. The van der Waals surface area contributed by atoms with Gasteiger partial charge in [-0.25, -0.2) is 0 Å². The zero-order chi connectivity index (χ0) is 17.5. The summed E-state index contributed by atoms with van der Waals surface area (Å²) in [6.07, 6.45) is 4.09. The maximum Gasteiger partial charge on any atom is 0.225 e. The second kappa shape index (κ2) is 8.80.